The molecule has 3 nitrogen and oxygen atoms in total. The summed E-state index contributed by atoms with van der Waals surface area (Å²) in [6.07, 6.45) is 0.856. The first-order valence-corrected chi connectivity index (χ1v) is 6.33. The molecule has 0 bridgehead atoms. The summed E-state index contributed by atoms with van der Waals surface area (Å²) in [5.74, 6) is -0.0857. The van der Waals surface area contributed by atoms with E-state index in [0.717, 1.165) is 12.0 Å². The zero-order valence-electron chi connectivity index (χ0n) is 11.9. The molecule has 1 amide bonds. The van der Waals surface area contributed by atoms with Crippen LogP contribution >= 0.6 is 0 Å². The van der Waals surface area contributed by atoms with Gasteiger partial charge in [0.05, 0.1) is 6.04 Å². The topological polar surface area (TPSA) is 38.3 Å². The molecule has 0 saturated heterocycles. The first-order valence-electron chi connectivity index (χ1n) is 6.33. The monoisotopic (exact) mass is 249 g/mol. The molecule has 0 aliphatic carbocycles. The number of rotatable bonds is 5. The third-order valence-electron chi connectivity index (χ3n) is 3.25. The van der Waals surface area contributed by atoms with Crippen molar-refractivity contribution in [2.75, 3.05) is 7.11 Å². The lowest BCUT2D eigenvalue weighted by atomic mass is 10.0. The molecule has 0 aliphatic rings. The number of benzene rings is 1. The molecular formula is C15H23NO2. The van der Waals surface area contributed by atoms with E-state index in [1.165, 1.54) is 5.56 Å². The van der Waals surface area contributed by atoms with E-state index in [1.807, 2.05) is 0 Å². The maximum absolute atomic E-state index is 12.1. The van der Waals surface area contributed by atoms with E-state index in [-0.39, 0.29) is 11.9 Å². The Morgan fingerprint density at radius 1 is 1.33 bits per heavy atom. The fourth-order valence-corrected chi connectivity index (χ4v) is 1.64. The van der Waals surface area contributed by atoms with Crippen LogP contribution in [0.25, 0.3) is 0 Å². The van der Waals surface area contributed by atoms with E-state index in [0.29, 0.717) is 0 Å². The minimum Gasteiger partial charge on any atom is -0.369 e. The number of methoxy groups -OCH3 is 1. The van der Waals surface area contributed by atoms with Crippen molar-refractivity contribution in [2.24, 2.45) is 0 Å². The number of aryl methyl sites for hydroxylation is 1. The van der Waals surface area contributed by atoms with Gasteiger partial charge in [0.1, 0.15) is 5.60 Å². The molecule has 18 heavy (non-hydrogen) atoms. The number of carbonyl (C=O) groups is 1. The highest BCUT2D eigenvalue weighted by Gasteiger charge is 2.28. The highest BCUT2D eigenvalue weighted by molar-refractivity contribution is 5.84. The Morgan fingerprint density at radius 2 is 1.89 bits per heavy atom. The molecule has 1 atom stereocenters. The van der Waals surface area contributed by atoms with Gasteiger partial charge in [0.2, 0.25) is 0 Å². The van der Waals surface area contributed by atoms with E-state index in [2.05, 4.69) is 43.4 Å². The summed E-state index contributed by atoms with van der Waals surface area (Å²) in [6, 6.07) is 8.28. The van der Waals surface area contributed by atoms with Crippen molar-refractivity contribution >= 4 is 5.91 Å². The van der Waals surface area contributed by atoms with Crippen molar-refractivity contribution in [1.82, 2.24) is 5.32 Å². The summed E-state index contributed by atoms with van der Waals surface area (Å²) < 4.78 is 5.19. The maximum atomic E-state index is 12.1. The van der Waals surface area contributed by atoms with Crippen LogP contribution < -0.4 is 5.32 Å². The zero-order valence-corrected chi connectivity index (χ0v) is 11.9. The lowest BCUT2D eigenvalue weighted by molar-refractivity contribution is -0.140. The summed E-state index contributed by atoms with van der Waals surface area (Å²) >= 11 is 0. The number of ether oxygens (including phenoxy) is 1. The molecule has 0 saturated carbocycles. The molecule has 1 aromatic carbocycles. The molecule has 0 spiro atoms. The third kappa shape index (κ3) is 3.57. The summed E-state index contributed by atoms with van der Waals surface area (Å²) in [6.45, 7) is 7.65. The van der Waals surface area contributed by atoms with Crippen LogP contribution in [-0.2, 0) is 9.53 Å². The highest BCUT2D eigenvalue weighted by atomic mass is 16.5. The van der Waals surface area contributed by atoms with Crippen molar-refractivity contribution in [3.05, 3.63) is 35.4 Å². The van der Waals surface area contributed by atoms with Gasteiger partial charge in [0.15, 0.2) is 0 Å². The third-order valence-corrected chi connectivity index (χ3v) is 3.25. The Morgan fingerprint density at radius 3 is 2.33 bits per heavy atom. The first-order chi connectivity index (χ1) is 8.40. The fraction of sp³-hybridized carbons (Fsp3) is 0.533. The average Bonchev–Trinajstić information content (AvgIpc) is 2.36. The van der Waals surface area contributed by atoms with Gasteiger partial charge >= 0.3 is 0 Å². The molecule has 0 fully saturated rings. The standard InChI is InChI=1S/C15H23NO2/c1-6-13(12-9-7-11(2)8-10-12)16-14(17)15(3,4)18-5/h7-10,13H,6H2,1-5H3,(H,16,17). The molecule has 1 N–H and O–H groups in total. The second-order valence-corrected chi connectivity index (χ2v) is 5.06. The molecule has 0 radical (unpaired) electrons. The van der Waals surface area contributed by atoms with Crippen molar-refractivity contribution in [3.63, 3.8) is 0 Å². The smallest absolute Gasteiger partial charge is 0.252 e. The van der Waals surface area contributed by atoms with Crippen LogP contribution in [-0.4, -0.2) is 18.6 Å². The van der Waals surface area contributed by atoms with Crippen LogP contribution in [0.4, 0.5) is 0 Å². The fourth-order valence-electron chi connectivity index (χ4n) is 1.64. The number of nitrogens with one attached hydrogen (secondary N) is 1. The van der Waals surface area contributed by atoms with Crippen molar-refractivity contribution < 1.29 is 9.53 Å². The van der Waals surface area contributed by atoms with E-state index in [4.69, 9.17) is 4.74 Å². The van der Waals surface area contributed by atoms with Gasteiger partial charge in [0.25, 0.3) is 5.91 Å². The molecule has 1 rings (SSSR count). The first kappa shape index (κ1) is 14.7. The van der Waals surface area contributed by atoms with Gasteiger partial charge < -0.3 is 10.1 Å². The van der Waals surface area contributed by atoms with Gasteiger partial charge in [-0.2, -0.15) is 0 Å². The number of carbonyl (C=O) groups excluding carboxylic acids is 1. The van der Waals surface area contributed by atoms with Crippen molar-refractivity contribution in [1.29, 1.82) is 0 Å². The van der Waals surface area contributed by atoms with Crippen LogP contribution in [0.2, 0.25) is 0 Å². The van der Waals surface area contributed by atoms with Gasteiger partial charge in [-0.15, -0.1) is 0 Å². The van der Waals surface area contributed by atoms with E-state index < -0.39 is 5.60 Å². The Hall–Kier alpha value is -1.35. The Kier molecular flexibility index (Phi) is 4.91. The Balaban J connectivity index is 2.80. The Bertz CT molecular complexity index is 395. The van der Waals surface area contributed by atoms with Gasteiger partial charge in [0, 0.05) is 7.11 Å². The summed E-state index contributed by atoms with van der Waals surface area (Å²) in [4.78, 5) is 12.1. The molecule has 100 valence electrons. The molecule has 1 unspecified atom stereocenters. The van der Waals surface area contributed by atoms with Crippen LogP contribution in [0.1, 0.15) is 44.4 Å². The quantitative estimate of drug-likeness (QED) is 0.871. The maximum Gasteiger partial charge on any atom is 0.252 e. The normalized spacial score (nSPS) is 13.2. The van der Waals surface area contributed by atoms with Gasteiger partial charge in [-0.3, -0.25) is 4.79 Å². The molecule has 1 aromatic rings. The zero-order chi connectivity index (χ0) is 13.8. The van der Waals surface area contributed by atoms with Crippen molar-refractivity contribution in [2.45, 2.75) is 45.8 Å². The molecule has 0 aliphatic heterocycles. The second kappa shape index (κ2) is 6.01. The van der Waals surface area contributed by atoms with Gasteiger partial charge in [-0.05, 0) is 32.8 Å². The van der Waals surface area contributed by atoms with Crippen LogP contribution in [0.15, 0.2) is 24.3 Å². The van der Waals surface area contributed by atoms with Crippen LogP contribution in [0.3, 0.4) is 0 Å². The van der Waals surface area contributed by atoms with Crippen LogP contribution in [0.5, 0.6) is 0 Å². The lowest BCUT2D eigenvalue weighted by Crippen LogP contribution is -2.44. The highest BCUT2D eigenvalue weighted by Crippen LogP contribution is 2.19. The van der Waals surface area contributed by atoms with E-state index in [9.17, 15) is 4.79 Å². The van der Waals surface area contributed by atoms with E-state index >= 15 is 0 Å². The predicted molar refractivity (Wildman–Crippen MR) is 73.4 cm³/mol. The summed E-state index contributed by atoms with van der Waals surface area (Å²) in [5, 5.41) is 3.03. The average molecular weight is 249 g/mol. The van der Waals surface area contributed by atoms with Gasteiger partial charge in [-0.1, -0.05) is 36.8 Å². The predicted octanol–water partition coefficient (Wildman–Crippen LogP) is 2.99. The second-order valence-electron chi connectivity index (χ2n) is 5.06. The number of amides is 1. The SMILES string of the molecule is CCC(NC(=O)C(C)(C)OC)c1ccc(C)cc1. The summed E-state index contributed by atoms with van der Waals surface area (Å²) in [5.41, 5.74) is 1.55. The van der Waals surface area contributed by atoms with Gasteiger partial charge in [-0.25, -0.2) is 0 Å². The lowest BCUT2D eigenvalue weighted by Gasteiger charge is -2.26. The molecular weight excluding hydrogens is 226 g/mol. The Labute approximate surface area is 110 Å². The van der Waals surface area contributed by atoms with Crippen LogP contribution in [0, 0.1) is 6.92 Å². The number of hydrogen-bond donors (Lipinski definition) is 1. The molecule has 0 aromatic heterocycles. The minimum atomic E-state index is -0.794. The molecule has 3 heteroatoms. The number of hydrogen-bond acceptors (Lipinski definition) is 2. The van der Waals surface area contributed by atoms with Crippen molar-refractivity contribution in [3.8, 4) is 0 Å². The van der Waals surface area contributed by atoms with E-state index in [1.54, 1.807) is 21.0 Å². The minimum absolute atomic E-state index is 0.0347. The molecule has 0 heterocycles. The summed E-state index contributed by atoms with van der Waals surface area (Å²) in [7, 11) is 1.55. The largest absolute Gasteiger partial charge is 0.369 e.